The Morgan fingerprint density at radius 2 is 1.79 bits per heavy atom. The van der Waals surface area contributed by atoms with Crippen molar-refractivity contribution < 1.29 is 0 Å². The summed E-state index contributed by atoms with van der Waals surface area (Å²) in [4.78, 5) is 4.30. The highest BCUT2D eigenvalue weighted by Crippen LogP contribution is 2.63. The molecule has 0 amide bonds. The maximum absolute atomic E-state index is 4.30. The van der Waals surface area contributed by atoms with Gasteiger partial charge in [0.2, 0.25) is 0 Å². The highest BCUT2D eigenvalue weighted by atomic mass is 32.2. The Labute approximate surface area is 152 Å². The van der Waals surface area contributed by atoms with Gasteiger partial charge in [0.1, 0.15) is 0 Å². The van der Waals surface area contributed by atoms with Crippen LogP contribution in [0.4, 0.5) is 0 Å². The van der Waals surface area contributed by atoms with Gasteiger partial charge >= 0.3 is 0 Å². The Bertz CT molecular complexity index is 475. The topological polar surface area (TPSA) is 17.8 Å². The molecule has 5 rings (SSSR count). The van der Waals surface area contributed by atoms with E-state index in [1.54, 1.807) is 19.3 Å². The molecule has 0 radical (unpaired) electrons. The summed E-state index contributed by atoms with van der Waals surface area (Å²) >= 11 is 2.31. The molecular weight excluding hydrogens is 312 g/mol. The first-order valence-corrected chi connectivity index (χ1v) is 11.4. The number of thioether (sulfide) groups is 1. The Kier molecular flexibility index (Phi) is 5.26. The molecule has 1 unspecified atom stereocenters. The van der Waals surface area contributed by atoms with Crippen LogP contribution in [-0.2, 0) is 6.54 Å². The standard InChI is InChI=1S/C21H34N2S/c1-2-3-4-5-8-24-20(15-23-7-6-22-16-23)21-12-17-9-18(13-21)11-19(10-17)14-21/h6-7,16-20H,2-5,8-15H2,1H3. The van der Waals surface area contributed by atoms with Gasteiger partial charge in [0.25, 0.3) is 0 Å². The second-order valence-electron chi connectivity index (χ2n) is 8.96. The van der Waals surface area contributed by atoms with Crippen LogP contribution < -0.4 is 0 Å². The fraction of sp³-hybridized carbons (Fsp3) is 0.857. The van der Waals surface area contributed by atoms with E-state index in [4.69, 9.17) is 0 Å². The van der Waals surface area contributed by atoms with E-state index in [9.17, 15) is 0 Å². The van der Waals surface area contributed by atoms with Crippen molar-refractivity contribution in [2.24, 2.45) is 23.2 Å². The second-order valence-corrected chi connectivity index (χ2v) is 10.3. The number of nitrogens with zero attached hydrogens (tertiary/aromatic N) is 2. The molecule has 4 fully saturated rings. The molecule has 24 heavy (non-hydrogen) atoms. The monoisotopic (exact) mass is 346 g/mol. The lowest BCUT2D eigenvalue weighted by Crippen LogP contribution is -2.51. The fourth-order valence-corrected chi connectivity index (χ4v) is 7.91. The Morgan fingerprint density at radius 1 is 1.08 bits per heavy atom. The lowest BCUT2D eigenvalue weighted by Gasteiger charge is -2.59. The summed E-state index contributed by atoms with van der Waals surface area (Å²) in [6, 6.07) is 0. The summed E-state index contributed by atoms with van der Waals surface area (Å²) < 4.78 is 2.35. The minimum atomic E-state index is 0.647. The largest absolute Gasteiger partial charge is 0.336 e. The summed E-state index contributed by atoms with van der Waals surface area (Å²) in [5.41, 5.74) is 0.647. The minimum Gasteiger partial charge on any atom is -0.336 e. The molecule has 0 aliphatic heterocycles. The van der Waals surface area contributed by atoms with Crippen molar-refractivity contribution >= 4 is 11.8 Å². The highest BCUT2D eigenvalue weighted by Gasteiger charge is 2.54. The maximum atomic E-state index is 4.30. The maximum Gasteiger partial charge on any atom is 0.0946 e. The van der Waals surface area contributed by atoms with E-state index in [2.05, 4.69) is 34.4 Å². The van der Waals surface area contributed by atoms with Crippen molar-refractivity contribution in [1.82, 2.24) is 9.55 Å². The first-order valence-electron chi connectivity index (χ1n) is 10.3. The van der Waals surface area contributed by atoms with Crippen LogP contribution >= 0.6 is 11.8 Å². The second kappa shape index (κ2) is 7.43. The molecule has 134 valence electrons. The molecule has 4 bridgehead atoms. The van der Waals surface area contributed by atoms with Crippen molar-refractivity contribution in [2.75, 3.05) is 5.75 Å². The van der Waals surface area contributed by atoms with Gasteiger partial charge in [-0.3, -0.25) is 0 Å². The van der Waals surface area contributed by atoms with Gasteiger partial charge in [-0.15, -0.1) is 0 Å². The number of aromatic nitrogens is 2. The summed E-state index contributed by atoms with van der Waals surface area (Å²) in [5, 5.41) is 0.807. The lowest BCUT2D eigenvalue weighted by atomic mass is 9.48. The predicted octanol–water partition coefficient (Wildman–Crippen LogP) is 5.78. The molecule has 4 aliphatic rings. The molecule has 1 atom stereocenters. The van der Waals surface area contributed by atoms with Gasteiger partial charge in [-0.2, -0.15) is 11.8 Å². The van der Waals surface area contributed by atoms with Crippen LogP contribution in [-0.4, -0.2) is 20.6 Å². The Morgan fingerprint density at radius 3 is 2.38 bits per heavy atom. The van der Waals surface area contributed by atoms with Crippen LogP contribution in [0.1, 0.15) is 71.1 Å². The molecule has 0 spiro atoms. The first-order chi connectivity index (χ1) is 11.8. The number of imidazole rings is 1. The van der Waals surface area contributed by atoms with Crippen molar-refractivity contribution in [3.05, 3.63) is 18.7 Å². The Hall–Kier alpha value is -0.440. The van der Waals surface area contributed by atoms with Gasteiger partial charge in [-0.25, -0.2) is 4.98 Å². The quantitative estimate of drug-likeness (QED) is 0.527. The smallest absolute Gasteiger partial charge is 0.0946 e. The van der Waals surface area contributed by atoms with Crippen molar-refractivity contribution in [1.29, 1.82) is 0 Å². The third-order valence-electron chi connectivity index (χ3n) is 7.02. The molecule has 0 aromatic carbocycles. The van der Waals surface area contributed by atoms with Crippen molar-refractivity contribution in [2.45, 2.75) is 82.9 Å². The number of hydrogen-bond acceptors (Lipinski definition) is 2. The van der Waals surface area contributed by atoms with Gasteiger partial charge < -0.3 is 4.57 Å². The fourth-order valence-electron chi connectivity index (χ4n) is 6.34. The van der Waals surface area contributed by atoms with E-state index in [0.29, 0.717) is 5.41 Å². The third-order valence-corrected chi connectivity index (χ3v) is 8.60. The summed E-state index contributed by atoms with van der Waals surface area (Å²) in [5.74, 6) is 4.54. The summed E-state index contributed by atoms with van der Waals surface area (Å²) in [6.45, 7) is 3.50. The Balaban J connectivity index is 1.45. The zero-order valence-corrected chi connectivity index (χ0v) is 16.1. The van der Waals surface area contributed by atoms with E-state index in [-0.39, 0.29) is 0 Å². The van der Waals surface area contributed by atoms with Gasteiger partial charge in [0.05, 0.1) is 6.33 Å². The van der Waals surface area contributed by atoms with Crippen LogP contribution in [0.2, 0.25) is 0 Å². The number of hydrogen-bond donors (Lipinski definition) is 0. The highest BCUT2D eigenvalue weighted by molar-refractivity contribution is 7.99. The third kappa shape index (κ3) is 3.57. The molecule has 1 aromatic heterocycles. The summed E-state index contributed by atoms with van der Waals surface area (Å²) in [6.07, 6.45) is 21.0. The molecule has 0 N–H and O–H groups in total. The van der Waals surface area contributed by atoms with E-state index < -0.39 is 0 Å². The molecule has 0 saturated heterocycles. The van der Waals surface area contributed by atoms with Crippen molar-refractivity contribution in [3.8, 4) is 0 Å². The number of unbranched alkanes of at least 4 members (excludes halogenated alkanes) is 3. The van der Waals surface area contributed by atoms with Gasteiger partial charge in [0.15, 0.2) is 0 Å². The normalized spacial score (nSPS) is 35.5. The van der Waals surface area contributed by atoms with Crippen LogP contribution in [0.25, 0.3) is 0 Å². The van der Waals surface area contributed by atoms with Crippen LogP contribution in [0.3, 0.4) is 0 Å². The van der Waals surface area contributed by atoms with Crippen LogP contribution in [0.5, 0.6) is 0 Å². The van der Waals surface area contributed by atoms with E-state index in [1.165, 1.54) is 57.2 Å². The molecule has 1 heterocycles. The molecule has 4 aliphatic carbocycles. The average molecular weight is 347 g/mol. The van der Waals surface area contributed by atoms with Crippen molar-refractivity contribution in [3.63, 3.8) is 0 Å². The SMILES string of the molecule is CCCCCCSC(Cn1ccnc1)C12CC3CC(CC(C3)C1)C2. The molecule has 2 nitrogen and oxygen atoms in total. The average Bonchev–Trinajstić information content (AvgIpc) is 3.05. The summed E-state index contributed by atoms with van der Waals surface area (Å²) in [7, 11) is 0. The van der Waals surface area contributed by atoms with Gasteiger partial charge in [-0.1, -0.05) is 26.2 Å². The van der Waals surface area contributed by atoms with Crippen LogP contribution in [0, 0.1) is 23.2 Å². The molecule has 4 saturated carbocycles. The lowest BCUT2D eigenvalue weighted by molar-refractivity contribution is -0.0553. The van der Waals surface area contributed by atoms with Crippen LogP contribution in [0.15, 0.2) is 18.7 Å². The first kappa shape index (κ1) is 17.0. The predicted molar refractivity (Wildman–Crippen MR) is 103 cm³/mol. The van der Waals surface area contributed by atoms with E-state index in [0.717, 1.165) is 23.0 Å². The van der Waals surface area contributed by atoms with E-state index >= 15 is 0 Å². The molecule has 3 heteroatoms. The van der Waals surface area contributed by atoms with Gasteiger partial charge in [0, 0.05) is 24.2 Å². The van der Waals surface area contributed by atoms with E-state index in [1.807, 2.05) is 12.5 Å². The zero-order chi connectivity index (χ0) is 16.4. The molecular formula is C21H34N2S. The van der Waals surface area contributed by atoms with Gasteiger partial charge in [-0.05, 0) is 73.9 Å². The molecule has 1 aromatic rings. The number of rotatable bonds is 9. The minimum absolute atomic E-state index is 0.647. The zero-order valence-electron chi connectivity index (χ0n) is 15.3.